The average Bonchev–Trinajstić information content (AvgIpc) is 3.52. The third kappa shape index (κ3) is 6.57. The number of hydrogen-bond donors (Lipinski definition) is 2. The van der Waals surface area contributed by atoms with Gasteiger partial charge in [-0.2, -0.15) is 10.4 Å². The number of urea groups is 1. The van der Waals surface area contributed by atoms with E-state index in [0.29, 0.717) is 29.6 Å². The number of aromatic nitrogens is 5. The molecular weight excluding hydrogens is 550 g/mol. The highest BCUT2D eigenvalue weighted by molar-refractivity contribution is 5.91. The van der Waals surface area contributed by atoms with Crippen molar-refractivity contribution in [2.24, 2.45) is 7.05 Å². The predicted octanol–water partition coefficient (Wildman–Crippen LogP) is 5.95. The molecule has 1 aliphatic carbocycles. The smallest absolute Gasteiger partial charge is 0.323 e. The molecule has 1 fully saturated rings. The zero-order valence-corrected chi connectivity index (χ0v) is 24.5. The Morgan fingerprint density at radius 1 is 0.909 bits per heavy atom. The zero-order valence-electron chi connectivity index (χ0n) is 24.5. The molecule has 1 aliphatic rings. The molecule has 2 aromatic carbocycles. The molecule has 0 spiro atoms. The number of amides is 2. The highest BCUT2D eigenvalue weighted by Crippen LogP contribution is 2.30. The van der Waals surface area contributed by atoms with Gasteiger partial charge in [0.2, 0.25) is 5.95 Å². The van der Waals surface area contributed by atoms with Gasteiger partial charge in [0, 0.05) is 54.8 Å². The molecule has 0 unspecified atom stereocenters. The van der Waals surface area contributed by atoms with Gasteiger partial charge >= 0.3 is 6.03 Å². The fourth-order valence-electron chi connectivity index (χ4n) is 5.60. The maximum absolute atomic E-state index is 13.7. The van der Waals surface area contributed by atoms with Gasteiger partial charge in [0.1, 0.15) is 11.9 Å². The van der Waals surface area contributed by atoms with E-state index in [1.165, 1.54) is 0 Å². The van der Waals surface area contributed by atoms with Crippen LogP contribution in [0, 0.1) is 11.3 Å². The van der Waals surface area contributed by atoms with Crippen molar-refractivity contribution in [3.63, 3.8) is 0 Å². The highest BCUT2D eigenvalue weighted by atomic mass is 16.2. The van der Waals surface area contributed by atoms with Gasteiger partial charge in [-0.05, 0) is 43.4 Å². The van der Waals surface area contributed by atoms with Gasteiger partial charge < -0.3 is 10.6 Å². The Labute approximate surface area is 256 Å². The summed E-state index contributed by atoms with van der Waals surface area (Å²) in [5.74, 6) is 1.11. The number of carbonyl (C=O) groups is 1. The number of nitrogens with one attached hydrogen (secondary N) is 2. The Hall–Kier alpha value is -5.56. The number of aryl methyl sites for hydroxylation is 1. The van der Waals surface area contributed by atoms with Gasteiger partial charge in [0.05, 0.1) is 23.7 Å². The van der Waals surface area contributed by atoms with E-state index < -0.39 is 0 Å². The summed E-state index contributed by atoms with van der Waals surface area (Å²) in [6.07, 6.45) is 10.3. The normalized spacial score (nSPS) is 16.1. The van der Waals surface area contributed by atoms with Gasteiger partial charge in [0.15, 0.2) is 0 Å². The largest absolute Gasteiger partial charge is 0.351 e. The second-order valence-corrected chi connectivity index (χ2v) is 10.9. The van der Waals surface area contributed by atoms with Gasteiger partial charge in [-0.25, -0.2) is 19.7 Å². The first-order valence-electron chi connectivity index (χ1n) is 14.7. The van der Waals surface area contributed by atoms with Gasteiger partial charge in [0.25, 0.3) is 0 Å². The van der Waals surface area contributed by atoms with Crippen molar-refractivity contribution in [3.8, 4) is 28.5 Å². The van der Waals surface area contributed by atoms with Crippen LogP contribution in [0.25, 0.3) is 22.4 Å². The summed E-state index contributed by atoms with van der Waals surface area (Å²) in [5.41, 5.74) is 4.87. The maximum atomic E-state index is 13.7. The van der Waals surface area contributed by atoms with Crippen molar-refractivity contribution < 1.29 is 4.79 Å². The average molecular weight is 584 g/mol. The minimum Gasteiger partial charge on any atom is -0.351 e. The van der Waals surface area contributed by atoms with E-state index in [9.17, 15) is 10.1 Å². The Kier molecular flexibility index (Phi) is 8.55. The van der Waals surface area contributed by atoms with Crippen LogP contribution >= 0.6 is 0 Å². The van der Waals surface area contributed by atoms with Crippen LogP contribution in [0.1, 0.15) is 36.8 Å². The molecule has 0 aliphatic heterocycles. The first kappa shape index (κ1) is 28.6. The number of anilines is 2. The molecule has 10 heteroatoms. The van der Waals surface area contributed by atoms with E-state index in [1.807, 2.05) is 86.0 Å². The van der Waals surface area contributed by atoms with Crippen LogP contribution < -0.4 is 15.5 Å². The molecule has 5 aromatic rings. The van der Waals surface area contributed by atoms with Crippen LogP contribution in [-0.2, 0) is 13.6 Å². The van der Waals surface area contributed by atoms with Crippen molar-refractivity contribution in [2.45, 2.75) is 44.3 Å². The summed E-state index contributed by atoms with van der Waals surface area (Å²) in [6.45, 7) is 0.431. The number of benzene rings is 2. The molecule has 0 bridgehead atoms. The monoisotopic (exact) mass is 583 g/mol. The molecule has 3 aromatic heterocycles. The minimum atomic E-state index is -0.171. The van der Waals surface area contributed by atoms with E-state index in [-0.39, 0.29) is 18.1 Å². The summed E-state index contributed by atoms with van der Waals surface area (Å²) < 4.78 is 1.75. The fraction of sp³-hybridized carbons (Fsp3) is 0.235. The fourth-order valence-corrected chi connectivity index (χ4v) is 5.60. The highest BCUT2D eigenvalue weighted by Gasteiger charge is 2.31. The second kappa shape index (κ2) is 13.2. The van der Waals surface area contributed by atoms with Gasteiger partial charge in [-0.15, -0.1) is 0 Å². The van der Waals surface area contributed by atoms with E-state index in [1.54, 1.807) is 28.2 Å². The third-order valence-corrected chi connectivity index (χ3v) is 7.89. The van der Waals surface area contributed by atoms with Gasteiger partial charge in [-0.3, -0.25) is 9.58 Å². The molecule has 2 amide bonds. The van der Waals surface area contributed by atoms with Crippen LogP contribution in [0.5, 0.6) is 0 Å². The number of hydrogen-bond acceptors (Lipinski definition) is 7. The summed E-state index contributed by atoms with van der Waals surface area (Å²) in [7, 11) is 1.88. The molecule has 6 rings (SSSR count). The molecule has 1 saturated carbocycles. The lowest BCUT2D eigenvalue weighted by molar-refractivity contribution is 0.240. The first-order chi connectivity index (χ1) is 21.6. The maximum Gasteiger partial charge on any atom is 0.323 e. The van der Waals surface area contributed by atoms with Crippen molar-refractivity contribution in [2.75, 3.05) is 10.2 Å². The lowest BCUT2D eigenvalue weighted by Gasteiger charge is -2.36. The molecular formula is C34H33N9O. The summed E-state index contributed by atoms with van der Waals surface area (Å²) in [5, 5.41) is 20.4. The molecule has 0 radical (unpaired) electrons. The SMILES string of the molecule is Cn1cc(-c2ccc(N(C(=O)NCc3ccccc3)C3CCC(Nc4ncc(C#N)c(-c5ccccc5)n4)CC3)nc2)cn1. The lowest BCUT2D eigenvalue weighted by Crippen LogP contribution is -2.49. The standard InChI is InChI=1S/C34H33N9O/c1-42-23-28(22-39-42)26-12-17-31(36-20-26)43(34(44)38-19-24-8-4-2-5-9-24)30-15-13-29(14-16-30)40-33-37-21-27(18-35)32(41-33)25-10-6-3-7-11-25/h2-12,17,20-23,29-30H,13-16,19H2,1H3,(H,38,44)(H,37,40,41). The quantitative estimate of drug-likeness (QED) is 0.231. The first-order valence-corrected chi connectivity index (χ1v) is 14.7. The Morgan fingerprint density at radius 3 is 2.32 bits per heavy atom. The van der Waals surface area contributed by atoms with Crippen molar-refractivity contribution in [1.82, 2.24) is 30.0 Å². The Morgan fingerprint density at radius 2 is 1.66 bits per heavy atom. The summed E-state index contributed by atoms with van der Waals surface area (Å²) in [4.78, 5) is 29.3. The number of carbonyl (C=O) groups excluding carboxylic acids is 1. The molecule has 2 N–H and O–H groups in total. The predicted molar refractivity (Wildman–Crippen MR) is 169 cm³/mol. The number of nitriles is 1. The molecule has 10 nitrogen and oxygen atoms in total. The zero-order chi connectivity index (χ0) is 30.3. The van der Waals surface area contributed by atoms with Crippen LogP contribution in [0.3, 0.4) is 0 Å². The third-order valence-electron chi connectivity index (χ3n) is 7.89. The van der Waals surface area contributed by atoms with E-state index >= 15 is 0 Å². The van der Waals surface area contributed by atoms with E-state index in [2.05, 4.69) is 26.8 Å². The molecule has 44 heavy (non-hydrogen) atoms. The Bertz CT molecular complexity index is 1740. The van der Waals surface area contributed by atoms with Crippen molar-refractivity contribution in [1.29, 1.82) is 5.26 Å². The lowest BCUT2D eigenvalue weighted by atomic mass is 9.90. The molecule has 3 heterocycles. The van der Waals surface area contributed by atoms with Crippen LogP contribution in [0.15, 0.2) is 97.6 Å². The summed E-state index contributed by atoms with van der Waals surface area (Å²) in [6, 6.07) is 25.6. The minimum absolute atomic E-state index is 0.0256. The topological polar surface area (TPSA) is 125 Å². The molecule has 0 atom stereocenters. The molecule has 220 valence electrons. The molecule has 0 saturated heterocycles. The number of nitrogens with zero attached hydrogens (tertiary/aromatic N) is 7. The number of pyridine rings is 1. The van der Waals surface area contributed by atoms with Crippen molar-refractivity contribution in [3.05, 3.63) is 109 Å². The van der Waals surface area contributed by atoms with Crippen molar-refractivity contribution >= 4 is 17.8 Å². The van der Waals surface area contributed by atoms with E-state index in [4.69, 9.17) is 9.97 Å². The summed E-state index contributed by atoms with van der Waals surface area (Å²) >= 11 is 0. The van der Waals surface area contributed by atoms with Crippen LogP contribution in [0.2, 0.25) is 0 Å². The second-order valence-electron chi connectivity index (χ2n) is 10.9. The Balaban J connectivity index is 1.17. The van der Waals surface area contributed by atoms with Crippen LogP contribution in [0.4, 0.5) is 16.6 Å². The van der Waals surface area contributed by atoms with Crippen LogP contribution in [-0.4, -0.2) is 42.8 Å². The van der Waals surface area contributed by atoms with E-state index in [0.717, 1.165) is 47.9 Å². The van der Waals surface area contributed by atoms with Gasteiger partial charge in [-0.1, -0.05) is 60.7 Å². The number of rotatable bonds is 8.